The van der Waals surface area contributed by atoms with Crippen LogP contribution >= 0.6 is 0 Å². The summed E-state index contributed by atoms with van der Waals surface area (Å²) in [6, 6.07) is 10.6. The van der Waals surface area contributed by atoms with Gasteiger partial charge >= 0.3 is 0 Å². The fourth-order valence-electron chi connectivity index (χ4n) is 4.04. The third-order valence-electron chi connectivity index (χ3n) is 5.62. The Hall–Kier alpha value is -4.66. The minimum Gasteiger partial charge on any atom is -0.495 e. The smallest absolute Gasteiger partial charge is 0.161 e. The van der Waals surface area contributed by atoms with Crippen molar-refractivity contribution in [1.29, 1.82) is 0 Å². The van der Waals surface area contributed by atoms with E-state index in [2.05, 4.69) is 25.1 Å². The highest BCUT2D eigenvalue weighted by Gasteiger charge is 2.17. The Kier molecular flexibility index (Phi) is 4.54. The van der Waals surface area contributed by atoms with E-state index in [-0.39, 0.29) is 5.82 Å². The number of hydrogen-bond acceptors (Lipinski definition) is 6. The number of nitrogens with zero attached hydrogens (tertiary/aromatic N) is 5. The third-order valence-corrected chi connectivity index (χ3v) is 5.62. The second-order valence-electron chi connectivity index (χ2n) is 7.96. The number of halogens is 1. The van der Waals surface area contributed by atoms with Crippen molar-refractivity contribution < 1.29 is 9.13 Å². The van der Waals surface area contributed by atoms with E-state index in [1.54, 1.807) is 31.9 Å². The van der Waals surface area contributed by atoms with Crippen LogP contribution in [-0.4, -0.2) is 42.2 Å². The molecule has 2 N–H and O–H groups in total. The Morgan fingerprint density at radius 3 is 2.59 bits per heavy atom. The van der Waals surface area contributed by atoms with E-state index < -0.39 is 0 Å². The third kappa shape index (κ3) is 3.34. The predicted molar refractivity (Wildman–Crippen MR) is 127 cm³/mol. The second-order valence-corrected chi connectivity index (χ2v) is 7.96. The van der Waals surface area contributed by atoms with E-state index in [0.717, 1.165) is 33.4 Å². The van der Waals surface area contributed by atoms with E-state index in [9.17, 15) is 4.39 Å². The van der Waals surface area contributed by atoms with Gasteiger partial charge in [0.1, 0.15) is 17.1 Å². The van der Waals surface area contributed by atoms with E-state index in [4.69, 9.17) is 14.7 Å². The van der Waals surface area contributed by atoms with E-state index in [1.807, 2.05) is 31.2 Å². The molecule has 1 aromatic carbocycles. The molecule has 166 valence electrons. The summed E-state index contributed by atoms with van der Waals surface area (Å²) in [5.41, 5.74) is 7.24. The molecule has 0 saturated carbocycles. The lowest BCUT2D eigenvalue weighted by atomic mass is 10.0. The molecule has 0 amide bonds. The Bertz CT molecular complexity index is 1670. The molecule has 6 rings (SSSR count). The van der Waals surface area contributed by atoms with Gasteiger partial charge in [0, 0.05) is 23.5 Å². The summed E-state index contributed by atoms with van der Waals surface area (Å²) in [6.45, 7) is 1.85. The molecule has 0 aliphatic heterocycles. The minimum atomic E-state index is -0.301. The Balaban J connectivity index is 1.49. The van der Waals surface area contributed by atoms with Crippen molar-refractivity contribution in [3.8, 4) is 39.7 Å². The van der Waals surface area contributed by atoms with E-state index in [0.29, 0.717) is 33.9 Å². The molecule has 0 fully saturated rings. The molecule has 0 aliphatic rings. The zero-order valence-electron chi connectivity index (χ0n) is 18.3. The van der Waals surface area contributed by atoms with Crippen LogP contribution in [0.4, 0.5) is 4.39 Å². The van der Waals surface area contributed by atoms with Crippen molar-refractivity contribution in [1.82, 2.24) is 35.1 Å². The summed E-state index contributed by atoms with van der Waals surface area (Å²) in [4.78, 5) is 21.4. The first-order valence-corrected chi connectivity index (χ1v) is 10.6. The number of ether oxygens (including phenoxy) is 1. The maximum absolute atomic E-state index is 14.1. The van der Waals surface area contributed by atoms with Crippen LogP contribution in [0.2, 0.25) is 0 Å². The summed E-state index contributed by atoms with van der Waals surface area (Å²) >= 11 is 0. The van der Waals surface area contributed by atoms with Crippen molar-refractivity contribution in [2.45, 2.75) is 6.92 Å². The maximum Gasteiger partial charge on any atom is 0.161 e. The highest BCUT2D eigenvalue weighted by atomic mass is 19.1. The lowest BCUT2D eigenvalue weighted by Crippen LogP contribution is -1.89. The molecule has 8 nitrogen and oxygen atoms in total. The van der Waals surface area contributed by atoms with Crippen molar-refractivity contribution in [3.63, 3.8) is 0 Å². The van der Waals surface area contributed by atoms with Gasteiger partial charge in [-0.25, -0.2) is 14.4 Å². The zero-order valence-corrected chi connectivity index (χ0v) is 18.3. The molecule has 0 spiro atoms. The number of pyridine rings is 3. The number of benzene rings is 1. The van der Waals surface area contributed by atoms with E-state index >= 15 is 0 Å². The number of aryl methyl sites for hydroxylation is 1. The van der Waals surface area contributed by atoms with Crippen LogP contribution in [0.3, 0.4) is 0 Å². The van der Waals surface area contributed by atoms with Crippen LogP contribution < -0.4 is 4.74 Å². The van der Waals surface area contributed by atoms with Gasteiger partial charge in [-0.15, -0.1) is 0 Å². The number of nitrogens with one attached hydrogen (secondary N) is 2. The number of methoxy groups -OCH3 is 1. The Morgan fingerprint density at radius 1 is 0.853 bits per heavy atom. The number of hydrogen-bond donors (Lipinski definition) is 2. The lowest BCUT2D eigenvalue weighted by molar-refractivity contribution is 0.413. The Labute approximate surface area is 192 Å². The van der Waals surface area contributed by atoms with Crippen LogP contribution in [0.1, 0.15) is 5.56 Å². The number of imidazole rings is 1. The highest BCUT2D eigenvalue weighted by Crippen LogP contribution is 2.32. The molecule has 9 heteroatoms. The number of aromatic nitrogens is 7. The summed E-state index contributed by atoms with van der Waals surface area (Å²) in [7, 11) is 1.60. The number of aromatic amines is 2. The highest BCUT2D eigenvalue weighted by molar-refractivity contribution is 5.95. The Morgan fingerprint density at radius 2 is 1.74 bits per heavy atom. The number of H-pyrrole nitrogens is 2. The van der Waals surface area contributed by atoms with Gasteiger partial charge in [-0.05, 0) is 48.4 Å². The van der Waals surface area contributed by atoms with Gasteiger partial charge in [0.2, 0.25) is 0 Å². The molecule has 0 radical (unpaired) electrons. The molecule has 5 aromatic heterocycles. The van der Waals surface area contributed by atoms with Gasteiger partial charge < -0.3 is 9.72 Å². The van der Waals surface area contributed by atoms with Crippen LogP contribution in [0.15, 0.2) is 61.2 Å². The fourth-order valence-corrected chi connectivity index (χ4v) is 4.04. The molecule has 0 saturated heterocycles. The van der Waals surface area contributed by atoms with Gasteiger partial charge in [0.05, 0.1) is 41.7 Å². The average Bonchev–Trinajstić information content (AvgIpc) is 3.46. The molecule has 0 aliphatic carbocycles. The first kappa shape index (κ1) is 20.0. The van der Waals surface area contributed by atoms with Gasteiger partial charge in [0.25, 0.3) is 0 Å². The molecular weight excluding hydrogens is 433 g/mol. The van der Waals surface area contributed by atoms with E-state index in [1.165, 1.54) is 12.1 Å². The van der Waals surface area contributed by atoms with Crippen molar-refractivity contribution >= 4 is 22.1 Å². The largest absolute Gasteiger partial charge is 0.495 e. The van der Waals surface area contributed by atoms with Crippen LogP contribution in [0.5, 0.6) is 5.75 Å². The average molecular weight is 451 g/mol. The van der Waals surface area contributed by atoms with Gasteiger partial charge in [-0.2, -0.15) is 5.10 Å². The zero-order chi connectivity index (χ0) is 23.2. The SMILES string of the molecule is COc1cncc(-c2ccc3[nH]nc(-c4nc5c(-c6cc(C)cc(F)c6)cncc5[nH]4)c3n2)c1. The van der Waals surface area contributed by atoms with Crippen molar-refractivity contribution in [2.24, 2.45) is 0 Å². The predicted octanol–water partition coefficient (Wildman–Crippen LogP) is 5.08. The van der Waals surface area contributed by atoms with Crippen LogP contribution in [-0.2, 0) is 0 Å². The van der Waals surface area contributed by atoms with Crippen molar-refractivity contribution in [2.75, 3.05) is 7.11 Å². The van der Waals surface area contributed by atoms with Gasteiger partial charge in [0.15, 0.2) is 11.5 Å². The van der Waals surface area contributed by atoms with Crippen molar-refractivity contribution in [3.05, 3.63) is 72.6 Å². The van der Waals surface area contributed by atoms with Crippen LogP contribution in [0, 0.1) is 12.7 Å². The lowest BCUT2D eigenvalue weighted by Gasteiger charge is -2.04. The molecule has 5 heterocycles. The number of fused-ring (bicyclic) bond motifs is 2. The quantitative estimate of drug-likeness (QED) is 0.387. The monoisotopic (exact) mass is 451 g/mol. The summed E-state index contributed by atoms with van der Waals surface area (Å²) in [6.07, 6.45) is 6.76. The van der Waals surface area contributed by atoms with Gasteiger partial charge in [-0.3, -0.25) is 15.1 Å². The molecule has 0 unspecified atom stereocenters. The fraction of sp³-hybridized carbons (Fsp3) is 0.0800. The first-order valence-electron chi connectivity index (χ1n) is 10.6. The minimum absolute atomic E-state index is 0.301. The maximum atomic E-state index is 14.1. The molecular formula is C25H18FN7O. The summed E-state index contributed by atoms with van der Waals surface area (Å²) < 4.78 is 19.3. The summed E-state index contributed by atoms with van der Waals surface area (Å²) in [5.74, 6) is 0.888. The summed E-state index contributed by atoms with van der Waals surface area (Å²) in [5, 5.41) is 7.47. The molecule has 0 bridgehead atoms. The van der Waals surface area contributed by atoms with Crippen LogP contribution in [0.25, 0.3) is 56.0 Å². The van der Waals surface area contributed by atoms with Gasteiger partial charge in [-0.1, -0.05) is 6.07 Å². The number of rotatable bonds is 4. The molecule has 34 heavy (non-hydrogen) atoms. The standard InChI is InChI=1S/C25H18FN7O/c1-13-5-14(7-16(26)6-13)18-11-28-12-21-22(18)31-25(30-21)24-23-20(32-33-24)4-3-19(29-23)15-8-17(34-2)10-27-9-15/h3-12H,1-2H3,(H,30,31)(H,32,33). The second kappa shape index (κ2) is 7.73. The molecule has 0 atom stereocenters. The first-order chi connectivity index (χ1) is 16.6. The normalized spacial score (nSPS) is 11.4. The topological polar surface area (TPSA) is 105 Å². The molecule has 6 aromatic rings.